The van der Waals surface area contributed by atoms with Crippen LogP contribution in [0.5, 0.6) is 0 Å². The predicted octanol–water partition coefficient (Wildman–Crippen LogP) is 3.92. The van der Waals surface area contributed by atoms with Crippen molar-refractivity contribution in [2.75, 3.05) is 7.05 Å². The highest BCUT2D eigenvalue weighted by Crippen LogP contribution is 2.25. The molecule has 136 valence electrons. The van der Waals surface area contributed by atoms with Gasteiger partial charge < -0.3 is 9.88 Å². The second-order valence-corrected chi connectivity index (χ2v) is 7.33. The van der Waals surface area contributed by atoms with Crippen LogP contribution in [0.2, 0.25) is 0 Å². The van der Waals surface area contributed by atoms with Gasteiger partial charge in [0.2, 0.25) is 5.91 Å². The maximum atomic E-state index is 12.7. The summed E-state index contributed by atoms with van der Waals surface area (Å²) in [5.74, 6) is 0.156. The Hall–Kier alpha value is -2.56. The molecule has 0 radical (unpaired) electrons. The van der Waals surface area contributed by atoms with Gasteiger partial charge in [-0.05, 0) is 55.7 Å². The number of aryl methyl sites for hydroxylation is 2. The molecule has 1 amide bonds. The number of rotatable bonds is 5. The number of para-hydroxylation sites is 1. The number of amides is 1. The lowest BCUT2D eigenvalue weighted by Gasteiger charge is -2.24. The minimum absolute atomic E-state index is 0.0167. The van der Waals surface area contributed by atoms with Crippen molar-refractivity contribution >= 4 is 16.8 Å². The molecule has 1 atom stereocenters. The summed E-state index contributed by atoms with van der Waals surface area (Å²) in [5, 5.41) is 8.80. The van der Waals surface area contributed by atoms with E-state index in [9.17, 15) is 4.79 Å². The summed E-state index contributed by atoms with van der Waals surface area (Å²) in [6.07, 6.45) is 5.86. The van der Waals surface area contributed by atoms with Crippen LogP contribution in [-0.2, 0) is 24.1 Å². The first kappa shape index (κ1) is 16.9. The molecule has 2 heterocycles. The molecule has 0 bridgehead atoms. The smallest absolute Gasteiger partial charge is 0.223 e. The van der Waals surface area contributed by atoms with Crippen molar-refractivity contribution < 1.29 is 4.79 Å². The molecule has 2 N–H and O–H groups in total. The molecular weight excluding hydrogens is 324 g/mol. The summed E-state index contributed by atoms with van der Waals surface area (Å²) in [6, 6.07) is 10.4. The quantitative estimate of drug-likeness (QED) is 0.732. The summed E-state index contributed by atoms with van der Waals surface area (Å²) >= 11 is 0. The molecule has 3 aromatic rings. The zero-order valence-corrected chi connectivity index (χ0v) is 15.5. The van der Waals surface area contributed by atoms with Gasteiger partial charge in [0.05, 0.1) is 11.7 Å². The van der Waals surface area contributed by atoms with Crippen LogP contribution in [-0.4, -0.2) is 33.0 Å². The van der Waals surface area contributed by atoms with Crippen LogP contribution in [0.4, 0.5) is 0 Å². The second kappa shape index (κ2) is 6.98. The van der Waals surface area contributed by atoms with Gasteiger partial charge in [0.15, 0.2) is 0 Å². The van der Waals surface area contributed by atoms with E-state index in [1.807, 2.05) is 24.1 Å². The normalized spacial score (nSPS) is 15.0. The molecule has 0 saturated carbocycles. The second-order valence-electron chi connectivity index (χ2n) is 7.33. The average molecular weight is 350 g/mol. The fourth-order valence-electron chi connectivity index (χ4n) is 3.90. The molecule has 0 saturated heterocycles. The highest BCUT2D eigenvalue weighted by Gasteiger charge is 2.21. The third kappa shape index (κ3) is 3.14. The number of aromatic nitrogens is 3. The van der Waals surface area contributed by atoms with E-state index in [0.29, 0.717) is 12.8 Å². The number of carbonyl (C=O) groups excluding carboxylic acids is 1. The Kier molecular flexibility index (Phi) is 4.53. The summed E-state index contributed by atoms with van der Waals surface area (Å²) in [7, 11) is 1.89. The summed E-state index contributed by atoms with van der Waals surface area (Å²) in [6.45, 7) is 2.07. The van der Waals surface area contributed by atoms with Crippen LogP contribution >= 0.6 is 0 Å². The molecule has 0 unspecified atom stereocenters. The molecular formula is C21H26N4O. The molecule has 0 fully saturated rings. The fourth-order valence-corrected chi connectivity index (χ4v) is 3.90. The zero-order valence-electron chi connectivity index (χ0n) is 15.5. The molecule has 5 nitrogen and oxygen atoms in total. The van der Waals surface area contributed by atoms with Crippen molar-refractivity contribution in [3.63, 3.8) is 0 Å². The highest BCUT2D eigenvalue weighted by molar-refractivity contribution is 5.81. The summed E-state index contributed by atoms with van der Waals surface area (Å²) in [5.41, 5.74) is 5.89. The van der Waals surface area contributed by atoms with Crippen LogP contribution in [0.25, 0.3) is 10.9 Å². The van der Waals surface area contributed by atoms with Gasteiger partial charge in [-0.1, -0.05) is 18.2 Å². The van der Waals surface area contributed by atoms with Gasteiger partial charge in [-0.15, -0.1) is 0 Å². The first-order chi connectivity index (χ1) is 12.6. The number of fused-ring (bicyclic) bond motifs is 2. The number of H-pyrrole nitrogens is 2. The summed E-state index contributed by atoms with van der Waals surface area (Å²) < 4.78 is 0. The number of carbonyl (C=O) groups is 1. The van der Waals surface area contributed by atoms with E-state index in [4.69, 9.17) is 0 Å². The van der Waals surface area contributed by atoms with Crippen LogP contribution < -0.4 is 0 Å². The van der Waals surface area contributed by atoms with E-state index in [-0.39, 0.29) is 11.9 Å². The average Bonchev–Trinajstić information content (AvgIpc) is 3.29. The Morgan fingerprint density at radius 3 is 2.92 bits per heavy atom. The number of aromatic amines is 2. The van der Waals surface area contributed by atoms with Crippen LogP contribution in [0, 0.1) is 0 Å². The Labute approximate surface area is 153 Å². The van der Waals surface area contributed by atoms with Crippen molar-refractivity contribution in [1.29, 1.82) is 0 Å². The predicted molar refractivity (Wildman–Crippen MR) is 103 cm³/mol. The zero-order chi connectivity index (χ0) is 18.1. The Morgan fingerprint density at radius 1 is 1.27 bits per heavy atom. The lowest BCUT2D eigenvalue weighted by Crippen LogP contribution is -2.30. The van der Waals surface area contributed by atoms with Crippen LogP contribution in [0.1, 0.15) is 54.9 Å². The van der Waals surface area contributed by atoms with Gasteiger partial charge in [-0.3, -0.25) is 9.89 Å². The molecule has 4 rings (SSSR count). The molecule has 1 aromatic carbocycles. The topological polar surface area (TPSA) is 64.8 Å². The Bertz CT molecular complexity index is 890. The maximum absolute atomic E-state index is 12.7. The molecule has 5 heteroatoms. The lowest BCUT2D eigenvalue weighted by molar-refractivity contribution is -0.131. The van der Waals surface area contributed by atoms with E-state index in [0.717, 1.165) is 29.7 Å². The van der Waals surface area contributed by atoms with Gasteiger partial charge in [0.25, 0.3) is 0 Å². The van der Waals surface area contributed by atoms with Gasteiger partial charge in [-0.2, -0.15) is 5.10 Å². The van der Waals surface area contributed by atoms with Gasteiger partial charge in [0.1, 0.15) is 0 Å². The van der Waals surface area contributed by atoms with E-state index < -0.39 is 0 Å². The molecule has 1 aliphatic rings. The maximum Gasteiger partial charge on any atom is 0.223 e. The van der Waals surface area contributed by atoms with E-state index in [1.54, 1.807) is 0 Å². The molecule has 0 spiro atoms. The molecule has 1 aliphatic carbocycles. The van der Waals surface area contributed by atoms with Gasteiger partial charge in [-0.25, -0.2) is 0 Å². The van der Waals surface area contributed by atoms with E-state index in [2.05, 4.69) is 40.3 Å². The molecule has 26 heavy (non-hydrogen) atoms. The molecule has 2 aromatic heterocycles. The Balaban J connectivity index is 1.41. The number of hydrogen-bond donors (Lipinski definition) is 2. The fraction of sp³-hybridized carbons (Fsp3) is 0.429. The van der Waals surface area contributed by atoms with Crippen LogP contribution in [0.3, 0.4) is 0 Å². The van der Waals surface area contributed by atoms with E-state index in [1.165, 1.54) is 29.5 Å². The number of nitrogens with zero attached hydrogens (tertiary/aromatic N) is 2. The lowest BCUT2D eigenvalue weighted by atomic mass is 9.94. The largest absolute Gasteiger partial charge is 0.357 e. The highest BCUT2D eigenvalue weighted by atomic mass is 16.2. The first-order valence-corrected chi connectivity index (χ1v) is 9.52. The van der Waals surface area contributed by atoms with Crippen molar-refractivity contribution in [3.05, 3.63) is 53.0 Å². The van der Waals surface area contributed by atoms with Crippen molar-refractivity contribution in [2.24, 2.45) is 0 Å². The minimum atomic E-state index is 0.0167. The minimum Gasteiger partial charge on any atom is -0.357 e. The SMILES string of the molecule is C[C@@H](c1cc2ccccc2[nH]1)N(C)C(=O)CCc1n[nH]c2c1CCCC2. The number of nitrogens with one attached hydrogen (secondary N) is 2. The number of benzene rings is 1. The van der Waals surface area contributed by atoms with Crippen molar-refractivity contribution in [3.8, 4) is 0 Å². The third-order valence-electron chi connectivity index (χ3n) is 5.69. The molecule has 0 aliphatic heterocycles. The monoisotopic (exact) mass is 350 g/mol. The number of hydrogen-bond acceptors (Lipinski definition) is 2. The third-order valence-corrected chi connectivity index (χ3v) is 5.69. The Morgan fingerprint density at radius 2 is 2.08 bits per heavy atom. The van der Waals surface area contributed by atoms with Crippen molar-refractivity contribution in [1.82, 2.24) is 20.1 Å². The van der Waals surface area contributed by atoms with Crippen LogP contribution in [0.15, 0.2) is 30.3 Å². The van der Waals surface area contributed by atoms with E-state index >= 15 is 0 Å². The summed E-state index contributed by atoms with van der Waals surface area (Å²) in [4.78, 5) is 18.0. The first-order valence-electron chi connectivity index (χ1n) is 9.52. The van der Waals surface area contributed by atoms with Crippen molar-refractivity contribution in [2.45, 2.75) is 51.5 Å². The van der Waals surface area contributed by atoms with Gasteiger partial charge in [0, 0.05) is 36.8 Å². The standard InChI is InChI=1S/C21H26N4O/c1-14(20-13-15-7-3-5-9-17(15)22-20)25(2)21(26)12-11-19-16-8-4-6-10-18(16)23-24-19/h3,5,7,9,13-14,22H,4,6,8,10-12H2,1-2H3,(H,23,24)/t14-/m0/s1. The van der Waals surface area contributed by atoms with Gasteiger partial charge >= 0.3 is 0 Å².